The van der Waals surface area contributed by atoms with Crippen molar-refractivity contribution in [2.24, 2.45) is 11.8 Å². The number of nitriles is 1. The molecule has 49 heavy (non-hydrogen) atoms. The molecule has 2 fully saturated rings. The standard InChI is InChI=1S/C34H38N4O10S/c1-21(2)17-38(49(41,42)25-8-9-29-30(14-25)46-20-45-29)18-28(39)27(37-34(40)48-31-19-44-33-26(31)11-12-43-33)13-22-3-6-24(7-4-22)47-32-10-5-23(15-35)16-36-32/h3-10,14,16,21,26-28,31,33,39H,11-13,17-20H2,1-2H3,(H,37,40). The summed E-state index contributed by atoms with van der Waals surface area (Å²) in [5.74, 6) is 1.41. The van der Waals surface area contributed by atoms with E-state index >= 15 is 0 Å². The van der Waals surface area contributed by atoms with Gasteiger partial charge < -0.3 is 38.8 Å². The molecule has 6 rings (SSSR count). The number of ether oxygens (including phenoxy) is 6. The number of aromatic nitrogens is 1. The molecule has 1 amide bonds. The van der Waals surface area contributed by atoms with Gasteiger partial charge >= 0.3 is 6.09 Å². The van der Waals surface area contributed by atoms with Gasteiger partial charge in [0.2, 0.25) is 22.7 Å². The first kappa shape index (κ1) is 34.4. The molecule has 14 nitrogen and oxygen atoms in total. The van der Waals surface area contributed by atoms with E-state index in [4.69, 9.17) is 33.7 Å². The fourth-order valence-electron chi connectivity index (χ4n) is 5.93. The number of fused-ring (bicyclic) bond motifs is 2. The molecule has 3 aliphatic rings. The van der Waals surface area contributed by atoms with Crippen LogP contribution in [0.4, 0.5) is 4.79 Å². The van der Waals surface area contributed by atoms with E-state index in [9.17, 15) is 18.3 Å². The van der Waals surface area contributed by atoms with Gasteiger partial charge in [-0.05, 0) is 54.7 Å². The van der Waals surface area contributed by atoms with Crippen LogP contribution in [0.25, 0.3) is 0 Å². The van der Waals surface area contributed by atoms with Crippen molar-refractivity contribution in [3.63, 3.8) is 0 Å². The molecule has 4 heterocycles. The third kappa shape index (κ3) is 8.23. The average molecular weight is 695 g/mol. The molecule has 0 radical (unpaired) electrons. The topological polar surface area (TPSA) is 179 Å². The maximum Gasteiger partial charge on any atom is 0.407 e. The molecule has 2 N–H and O–H groups in total. The van der Waals surface area contributed by atoms with Crippen LogP contribution in [0.3, 0.4) is 0 Å². The van der Waals surface area contributed by atoms with Crippen molar-refractivity contribution in [2.75, 3.05) is 33.1 Å². The number of rotatable bonds is 13. The zero-order chi connectivity index (χ0) is 34.5. The predicted octanol–water partition coefficient (Wildman–Crippen LogP) is 3.58. The van der Waals surface area contributed by atoms with Gasteiger partial charge in [-0.2, -0.15) is 9.57 Å². The maximum atomic E-state index is 13.9. The SMILES string of the molecule is CC(C)CN(CC(O)C(Cc1ccc(Oc2ccc(C#N)cn2)cc1)NC(=O)OC1COC2OCCC12)S(=O)(=O)c1ccc2c(c1)OCO2. The number of nitrogens with one attached hydrogen (secondary N) is 1. The number of aliphatic hydroxyl groups excluding tert-OH is 1. The maximum absolute atomic E-state index is 13.9. The Hall–Kier alpha value is -4.46. The fraction of sp³-hybridized carbons (Fsp3) is 0.441. The monoisotopic (exact) mass is 694 g/mol. The Bertz CT molecular complexity index is 1760. The van der Waals surface area contributed by atoms with Crippen LogP contribution in [0.5, 0.6) is 23.1 Å². The van der Waals surface area contributed by atoms with Crippen molar-refractivity contribution < 1.29 is 46.7 Å². The van der Waals surface area contributed by atoms with Crippen LogP contribution in [-0.2, 0) is 30.7 Å². The minimum absolute atomic E-state index is 0.00243. The zero-order valence-corrected chi connectivity index (χ0v) is 27.9. The van der Waals surface area contributed by atoms with Gasteiger partial charge in [-0.15, -0.1) is 0 Å². The Labute approximate surface area is 284 Å². The van der Waals surface area contributed by atoms with Crippen molar-refractivity contribution in [3.05, 3.63) is 71.9 Å². The number of carbonyl (C=O) groups excluding carboxylic acids is 1. The summed E-state index contributed by atoms with van der Waals surface area (Å²) in [5, 5.41) is 23.4. The molecule has 0 spiro atoms. The normalized spacial score (nSPS) is 20.9. The Morgan fingerprint density at radius 2 is 1.90 bits per heavy atom. The lowest BCUT2D eigenvalue weighted by Gasteiger charge is -2.31. The summed E-state index contributed by atoms with van der Waals surface area (Å²) < 4.78 is 62.4. The number of carbonyl (C=O) groups is 1. The van der Waals surface area contributed by atoms with E-state index in [0.29, 0.717) is 41.7 Å². The summed E-state index contributed by atoms with van der Waals surface area (Å²) in [4.78, 5) is 17.4. The van der Waals surface area contributed by atoms with Gasteiger partial charge in [0, 0.05) is 31.4 Å². The van der Waals surface area contributed by atoms with E-state index in [1.165, 1.54) is 28.7 Å². The number of pyridine rings is 1. The van der Waals surface area contributed by atoms with Crippen LogP contribution in [0.1, 0.15) is 31.4 Å². The summed E-state index contributed by atoms with van der Waals surface area (Å²) in [7, 11) is -4.09. The van der Waals surface area contributed by atoms with Crippen LogP contribution >= 0.6 is 0 Å². The smallest absolute Gasteiger partial charge is 0.407 e. The lowest BCUT2D eigenvalue weighted by Crippen LogP contribution is -2.51. The predicted molar refractivity (Wildman–Crippen MR) is 172 cm³/mol. The van der Waals surface area contributed by atoms with E-state index in [1.54, 1.807) is 36.4 Å². The fourth-order valence-corrected chi connectivity index (χ4v) is 7.57. The summed E-state index contributed by atoms with van der Waals surface area (Å²) in [5.41, 5.74) is 1.14. The number of alkyl carbamates (subject to hydrolysis) is 1. The first-order valence-electron chi connectivity index (χ1n) is 16.0. The highest BCUT2D eigenvalue weighted by atomic mass is 32.2. The molecule has 2 saturated heterocycles. The van der Waals surface area contributed by atoms with Crippen LogP contribution in [-0.4, -0.2) is 86.5 Å². The van der Waals surface area contributed by atoms with Crippen molar-refractivity contribution >= 4 is 16.1 Å². The molecule has 5 unspecified atom stereocenters. The van der Waals surface area contributed by atoms with Gasteiger partial charge in [-0.1, -0.05) is 26.0 Å². The molecule has 3 aliphatic heterocycles. The van der Waals surface area contributed by atoms with Gasteiger partial charge in [0.25, 0.3) is 0 Å². The number of hydrogen-bond acceptors (Lipinski definition) is 12. The minimum atomic E-state index is -4.09. The van der Waals surface area contributed by atoms with Crippen LogP contribution in [0.15, 0.2) is 65.7 Å². The van der Waals surface area contributed by atoms with Gasteiger partial charge in [0.1, 0.15) is 17.9 Å². The first-order chi connectivity index (χ1) is 23.6. The molecule has 0 aliphatic carbocycles. The number of aliphatic hydroxyl groups is 1. The zero-order valence-electron chi connectivity index (χ0n) is 27.1. The van der Waals surface area contributed by atoms with Crippen molar-refractivity contribution in [1.29, 1.82) is 5.26 Å². The summed E-state index contributed by atoms with van der Waals surface area (Å²) >= 11 is 0. The summed E-state index contributed by atoms with van der Waals surface area (Å²) in [6.07, 6.45) is -0.771. The van der Waals surface area contributed by atoms with Gasteiger partial charge in [-0.25, -0.2) is 18.2 Å². The highest BCUT2D eigenvalue weighted by molar-refractivity contribution is 7.89. The lowest BCUT2D eigenvalue weighted by molar-refractivity contribution is -0.0907. The van der Waals surface area contributed by atoms with Crippen molar-refractivity contribution in [1.82, 2.24) is 14.6 Å². The Kier molecular flexibility index (Phi) is 10.5. The molecular formula is C34H38N4O10S. The van der Waals surface area contributed by atoms with Gasteiger partial charge in [-0.3, -0.25) is 0 Å². The van der Waals surface area contributed by atoms with Crippen LogP contribution < -0.4 is 19.5 Å². The second-order valence-corrected chi connectivity index (χ2v) is 14.4. The largest absolute Gasteiger partial charge is 0.454 e. The second kappa shape index (κ2) is 15.0. The average Bonchev–Trinajstić information content (AvgIpc) is 3.84. The molecular weight excluding hydrogens is 656 g/mol. The molecule has 1 aromatic heterocycles. The highest BCUT2D eigenvalue weighted by Crippen LogP contribution is 2.35. The van der Waals surface area contributed by atoms with E-state index in [-0.39, 0.29) is 49.6 Å². The van der Waals surface area contributed by atoms with Gasteiger partial charge in [0.05, 0.1) is 41.7 Å². The minimum Gasteiger partial charge on any atom is -0.454 e. The number of sulfonamides is 1. The van der Waals surface area contributed by atoms with Crippen molar-refractivity contribution in [2.45, 2.75) is 56.1 Å². The highest BCUT2D eigenvalue weighted by Gasteiger charge is 2.44. The van der Waals surface area contributed by atoms with Gasteiger partial charge in [0.15, 0.2) is 17.8 Å². The molecule has 5 atom stereocenters. The quantitative estimate of drug-likeness (QED) is 0.266. The summed E-state index contributed by atoms with van der Waals surface area (Å²) in [6, 6.07) is 15.6. The number of hydrogen-bond donors (Lipinski definition) is 2. The second-order valence-electron chi connectivity index (χ2n) is 12.5. The lowest BCUT2D eigenvalue weighted by atomic mass is 10.0. The number of benzene rings is 2. The number of nitrogens with zero attached hydrogens (tertiary/aromatic N) is 3. The number of amides is 1. The summed E-state index contributed by atoms with van der Waals surface area (Å²) in [6.45, 7) is 4.27. The van der Waals surface area contributed by atoms with Crippen molar-refractivity contribution in [3.8, 4) is 29.2 Å². The molecule has 3 aromatic rings. The molecule has 2 aromatic carbocycles. The van der Waals surface area contributed by atoms with E-state index in [1.807, 2.05) is 19.9 Å². The van der Waals surface area contributed by atoms with E-state index < -0.39 is 40.7 Å². The Morgan fingerprint density at radius 3 is 2.63 bits per heavy atom. The van der Waals surface area contributed by atoms with Crippen LogP contribution in [0.2, 0.25) is 0 Å². The Morgan fingerprint density at radius 1 is 1.10 bits per heavy atom. The van der Waals surface area contributed by atoms with Crippen LogP contribution in [0, 0.1) is 23.2 Å². The molecule has 15 heteroatoms. The molecule has 0 saturated carbocycles. The molecule has 260 valence electrons. The first-order valence-corrected chi connectivity index (χ1v) is 17.4. The Balaban J connectivity index is 1.19. The third-order valence-corrected chi connectivity index (χ3v) is 10.2. The molecule has 0 bridgehead atoms. The van der Waals surface area contributed by atoms with E-state index in [2.05, 4.69) is 10.3 Å². The third-order valence-electron chi connectivity index (χ3n) is 8.42. The van der Waals surface area contributed by atoms with E-state index in [0.717, 1.165) is 5.56 Å².